The van der Waals surface area contributed by atoms with Gasteiger partial charge in [0.15, 0.2) is 0 Å². The highest BCUT2D eigenvalue weighted by Gasteiger charge is 2.46. The van der Waals surface area contributed by atoms with Gasteiger partial charge in [0.1, 0.15) is 60.4 Å². The molecule has 12 atom stereocenters. The molecule has 0 aromatic heterocycles. The lowest BCUT2D eigenvalue weighted by Crippen LogP contribution is -2.63. The van der Waals surface area contributed by atoms with Crippen molar-refractivity contribution < 1.29 is 52.7 Å². The van der Waals surface area contributed by atoms with Gasteiger partial charge in [0.25, 0.3) is 0 Å². The fourth-order valence-corrected chi connectivity index (χ4v) is 13.8. The van der Waals surface area contributed by atoms with Gasteiger partial charge in [0.2, 0.25) is 65.0 Å². The first-order valence-corrected chi connectivity index (χ1v) is 36.3. The van der Waals surface area contributed by atoms with Crippen LogP contribution in [0.4, 0.5) is 5.69 Å². The van der Waals surface area contributed by atoms with Gasteiger partial charge in [-0.2, -0.15) is 0 Å². The number of unbranched alkanes of at least 4 members (excludes halogenated alkanes) is 1. The molecule has 0 saturated carbocycles. The predicted octanol–water partition coefficient (Wildman–Crippen LogP) is 7.01. The molecule has 0 radical (unpaired) electrons. The molecule has 0 unspecified atom stereocenters. The number of carbonyl (C=O) groups excluding carboxylic acids is 11. The summed E-state index contributed by atoms with van der Waals surface area (Å²) < 4.78 is -0.570. The number of hydrogen-bond donors (Lipinski definition) is 4. The number of allylic oxidation sites excluding steroid dienone is 2. The van der Waals surface area contributed by atoms with Gasteiger partial charge < -0.3 is 60.5 Å². The number of halogens is 1. The minimum atomic E-state index is -1.22. The summed E-state index contributed by atoms with van der Waals surface area (Å²) in [5, 5.41) is 11.3. The van der Waals surface area contributed by atoms with Crippen molar-refractivity contribution in [1.29, 1.82) is 0 Å². The molecular formula is C73H121IN12O11. The first-order chi connectivity index (χ1) is 45.2. The number of hydrogen-bond acceptors (Lipinski definition) is 12. The Kier molecular flexibility index (Phi) is 34.2. The highest BCUT2D eigenvalue weighted by atomic mass is 127. The number of rotatable bonds is 19. The monoisotopic (exact) mass is 1470 g/mol. The van der Waals surface area contributed by atoms with E-state index in [0.29, 0.717) is 6.42 Å². The van der Waals surface area contributed by atoms with E-state index in [1.54, 1.807) is 34.6 Å². The molecule has 4 N–H and O–H groups in total. The van der Waals surface area contributed by atoms with Crippen molar-refractivity contribution in [1.82, 2.24) is 55.6 Å². The largest absolute Gasteiger partial charge is 0.367 e. The van der Waals surface area contributed by atoms with Gasteiger partial charge in [-0.25, -0.2) is 0 Å². The fourth-order valence-electron chi connectivity index (χ4n) is 12.7. The van der Waals surface area contributed by atoms with Crippen LogP contribution in [0.3, 0.4) is 0 Å². The first kappa shape index (κ1) is 84.6. The van der Waals surface area contributed by atoms with Crippen LogP contribution >= 0.6 is 22.6 Å². The third kappa shape index (κ3) is 23.8. The van der Waals surface area contributed by atoms with Crippen molar-refractivity contribution in [3.8, 4) is 0 Å². The number of likely N-dealkylation sites (N-methyl/N-ethyl adjacent to an activating group) is 7. The number of amides is 11. The second kappa shape index (κ2) is 39.3. The minimum Gasteiger partial charge on any atom is -0.367 e. The van der Waals surface area contributed by atoms with Crippen LogP contribution in [0.2, 0.25) is 0 Å². The second-order valence-corrected chi connectivity index (χ2v) is 30.9. The van der Waals surface area contributed by atoms with Crippen LogP contribution in [0.5, 0.6) is 0 Å². The van der Waals surface area contributed by atoms with Crippen molar-refractivity contribution in [2.75, 3.05) is 73.9 Å². The molecule has 11 amide bonds. The summed E-state index contributed by atoms with van der Waals surface area (Å²) in [5.74, 6) is -8.53. The number of benzene rings is 1. The predicted molar refractivity (Wildman–Crippen MR) is 391 cm³/mol. The molecule has 24 heteroatoms. The zero-order valence-electron chi connectivity index (χ0n) is 62.7. The molecule has 3 rings (SSSR count). The summed E-state index contributed by atoms with van der Waals surface area (Å²) in [4.78, 5) is 174. The summed E-state index contributed by atoms with van der Waals surface area (Å²) in [6.45, 7) is 30.0. The van der Waals surface area contributed by atoms with E-state index < -0.39 is 148 Å². The number of para-hydroxylation sites is 1. The van der Waals surface area contributed by atoms with E-state index in [2.05, 4.69) is 85.2 Å². The Hall–Kier alpha value is -6.60. The lowest BCUT2D eigenvalue weighted by molar-refractivity contribution is -0.156. The lowest BCUT2D eigenvalue weighted by atomic mass is 9.93. The molecule has 2 aliphatic heterocycles. The Morgan fingerprint density at radius 1 is 0.505 bits per heavy atom. The molecule has 0 spiro atoms. The van der Waals surface area contributed by atoms with Crippen LogP contribution in [-0.2, 0) is 52.7 Å². The standard InChI is InChI=1S/C73H121IN12O11/c1-24-53-69(93)79(17)42-59(87)80(18)55(38-43(2)3)66(90)78-61(47(10)11)72(96)81(19)56(39-44(4)5)65(89)75-50(15)64(88)76-51(16)68(92)82(20)57(40-45(6)7)70(94)83(21)58(41-46(8)9)71(95)84(22)62(48(12)13)73(97)85(23)63(67(91)77-53)60(74)49(14)32-27-25-26-30-36-86-37-31-34-52-33-28-29-35-54(52)86/h25,27-29,31,33-35,43-51,53,55-58,60-63H,24,26,30,32,36-42H2,1-23H3,(H,75,89)(H,76,88)(H,77,91)(H,78,90)/b27-25+/t49-,50+,51-,53+,55+,56+,57+,58+,60-,61+,62+,63+/m1/s1. The quantitative estimate of drug-likeness (QED) is 0.0472. The Labute approximate surface area is 594 Å². The average molecular weight is 1470 g/mol. The maximum atomic E-state index is 15.6. The normalized spacial score (nSPS) is 25.6. The van der Waals surface area contributed by atoms with Crippen LogP contribution in [0, 0.1) is 41.4 Å². The molecule has 2 heterocycles. The summed E-state index contributed by atoms with van der Waals surface area (Å²) in [6, 6.07) is -3.34. The van der Waals surface area contributed by atoms with Crippen LogP contribution in [0.25, 0.3) is 6.08 Å². The van der Waals surface area contributed by atoms with Crippen LogP contribution < -0.4 is 26.2 Å². The minimum absolute atomic E-state index is 0.0916. The van der Waals surface area contributed by atoms with Crippen molar-refractivity contribution in [3.05, 3.63) is 48.1 Å². The number of alkyl halides is 1. The van der Waals surface area contributed by atoms with Gasteiger partial charge in [-0.3, -0.25) is 52.7 Å². The number of fused-ring (bicyclic) bond motifs is 1. The SMILES string of the molecule is CC[C@@H]1NC(=O)[C@H]([C@H](I)[C@H](C)C/C=C/CCCN2CC=Cc3ccccc32)N(C)C(=O)[C@H](C(C)C)N(C)C(=O)[C@H](CC(C)C)N(C)C(=O)[C@H](CC(C)C)N(C)C(=O)[C@@H](C)NC(=O)[C@H](C)NC(=O)[C@H](CC(C)C)N(C)C(=O)[C@H](C(C)C)NC(=O)[C@H](CC(C)C)N(C)C(=O)CN(C)C1=O. The lowest BCUT2D eigenvalue weighted by Gasteiger charge is -2.41. The smallest absolute Gasteiger partial charge is 0.246 e. The van der Waals surface area contributed by atoms with E-state index in [-0.39, 0.29) is 61.7 Å². The van der Waals surface area contributed by atoms with Gasteiger partial charge >= 0.3 is 0 Å². The number of nitrogens with one attached hydrogen (secondary N) is 4. The molecule has 23 nitrogen and oxygen atoms in total. The van der Waals surface area contributed by atoms with E-state index in [1.165, 1.54) is 109 Å². The van der Waals surface area contributed by atoms with Crippen LogP contribution in [0.15, 0.2) is 42.5 Å². The Morgan fingerprint density at radius 3 is 1.53 bits per heavy atom. The summed E-state index contributed by atoms with van der Waals surface area (Å²) in [7, 11) is 10.3. The van der Waals surface area contributed by atoms with E-state index in [0.717, 1.165) is 25.9 Å². The van der Waals surface area contributed by atoms with Crippen molar-refractivity contribution >= 4 is 99.3 Å². The van der Waals surface area contributed by atoms with Crippen molar-refractivity contribution in [2.45, 2.75) is 226 Å². The van der Waals surface area contributed by atoms with Crippen molar-refractivity contribution in [3.63, 3.8) is 0 Å². The molecule has 1 aromatic carbocycles. The zero-order valence-corrected chi connectivity index (χ0v) is 64.9. The van der Waals surface area contributed by atoms with Gasteiger partial charge in [0.05, 0.1) is 6.54 Å². The fraction of sp³-hybridized carbons (Fsp3) is 0.712. The third-order valence-electron chi connectivity index (χ3n) is 18.6. The molecule has 1 saturated heterocycles. The summed E-state index contributed by atoms with van der Waals surface area (Å²) in [5.41, 5.74) is 2.39. The maximum absolute atomic E-state index is 15.6. The molecule has 1 fully saturated rings. The molecule has 0 bridgehead atoms. The molecule has 0 aliphatic carbocycles. The van der Waals surface area contributed by atoms with Crippen LogP contribution in [-0.4, -0.2) is 233 Å². The molecule has 97 heavy (non-hydrogen) atoms. The van der Waals surface area contributed by atoms with Gasteiger partial charge in [-0.05, 0) is 118 Å². The van der Waals surface area contributed by atoms with Gasteiger partial charge in [-0.1, -0.05) is 162 Å². The topological polar surface area (TPSA) is 262 Å². The molecule has 546 valence electrons. The van der Waals surface area contributed by atoms with Crippen LogP contribution in [0.1, 0.15) is 168 Å². The highest BCUT2D eigenvalue weighted by Crippen LogP contribution is 2.30. The summed E-state index contributed by atoms with van der Waals surface area (Å²) in [6.07, 6.45) is 11.6. The highest BCUT2D eigenvalue weighted by molar-refractivity contribution is 14.1. The average Bonchev–Trinajstić information content (AvgIpc) is 0.816. The number of carbonyl (C=O) groups is 11. The van der Waals surface area contributed by atoms with Crippen molar-refractivity contribution in [2.24, 2.45) is 41.4 Å². The van der Waals surface area contributed by atoms with E-state index >= 15 is 19.2 Å². The third-order valence-corrected chi connectivity index (χ3v) is 20.6. The van der Waals surface area contributed by atoms with E-state index in [1.807, 2.05) is 74.4 Å². The Morgan fingerprint density at radius 2 is 0.990 bits per heavy atom. The van der Waals surface area contributed by atoms with Gasteiger partial charge in [-0.15, -0.1) is 0 Å². The van der Waals surface area contributed by atoms with E-state index in [9.17, 15) is 33.6 Å². The van der Waals surface area contributed by atoms with E-state index in [4.69, 9.17) is 0 Å². The maximum Gasteiger partial charge on any atom is 0.246 e. The van der Waals surface area contributed by atoms with Gasteiger partial charge in [0, 0.05) is 72.0 Å². The molecule has 1 aromatic rings. The molecular weight excluding hydrogens is 1350 g/mol. The second-order valence-electron chi connectivity index (χ2n) is 29.5. The Bertz CT molecular complexity index is 2920. The molecule has 2 aliphatic rings. The number of nitrogens with zero attached hydrogens (tertiary/aromatic N) is 8. The number of anilines is 1. The zero-order chi connectivity index (χ0) is 73.8. The Balaban J connectivity index is 2.25. The summed E-state index contributed by atoms with van der Waals surface area (Å²) >= 11 is 2.21. The first-order valence-electron chi connectivity index (χ1n) is 35.1.